The summed E-state index contributed by atoms with van der Waals surface area (Å²) in [6.45, 7) is 5.06. The second-order valence-corrected chi connectivity index (χ2v) is 9.29. The number of aromatic nitrogens is 1. The molecule has 0 aliphatic rings. The molecule has 0 unspecified atom stereocenters. The Balaban J connectivity index is 1.51. The maximum Gasteiger partial charge on any atom is 0.235 e. The molecule has 30 heavy (non-hydrogen) atoms. The fourth-order valence-electron chi connectivity index (χ4n) is 2.89. The first-order chi connectivity index (χ1) is 14.5. The number of hydrogen-bond donors (Lipinski definition) is 1. The summed E-state index contributed by atoms with van der Waals surface area (Å²) >= 11 is 3.01. The first kappa shape index (κ1) is 22.1. The van der Waals surface area contributed by atoms with E-state index in [1.807, 2.05) is 23.1 Å². The van der Waals surface area contributed by atoms with Gasteiger partial charge in [-0.1, -0.05) is 35.5 Å². The number of rotatable bonds is 10. The molecule has 0 saturated carbocycles. The molecule has 3 aromatic rings. The number of thioether (sulfide) groups is 1. The first-order valence-electron chi connectivity index (χ1n) is 9.67. The Kier molecular flexibility index (Phi) is 8.10. The number of nitrogens with zero attached hydrogens (tertiary/aromatic N) is 2. The largest absolute Gasteiger partial charge is 0.360 e. The van der Waals surface area contributed by atoms with E-state index in [9.17, 15) is 9.59 Å². The highest BCUT2D eigenvalue weighted by Gasteiger charge is 2.16. The lowest BCUT2D eigenvalue weighted by Gasteiger charge is -2.22. The van der Waals surface area contributed by atoms with Crippen molar-refractivity contribution in [3.05, 3.63) is 69.6 Å². The summed E-state index contributed by atoms with van der Waals surface area (Å²) in [6.07, 6.45) is 0.799. The molecular formula is C22H25N3O3S2. The Bertz CT molecular complexity index is 969. The van der Waals surface area contributed by atoms with E-state index in [-0.39, 0.29) is 23.3 Å². The van der Waals surface area contributed by atoms with Crippen molar-refractivity contribution >= 4 is 40.7 Å². The number of aryl methyl sites for hydroxylation is 2. The monoisotopic (exact) mass is 443 g/mol. The Morgan fingerprint density at radius 3 is 2.60 bits per heavy atom. The Morgan fingerprint density at radius 2 is 1.93 bits per heavy atom. The molecule has 1 aromatic carbocycles. The van der Waals surface area contributed by atoms with Crippen molar-refractivity contribution in [1.82, 2.24) is 10.1 Å². The summed E-state index contributed by atoms with van der Waals surface area (Å²) < 4.78 is 4.93. The van der Waals surface area contributed by atoms with Gasteiger partial charge in [0.15, 0.2) is 5.82 Å². The van der Waals surface area contributed by atoms with Gasteiger partial charge in [-0.2, -0.15) is 0 Å². The molecule has 2 amide bonds. The summed E-state index contributed by atoms with van der Waals surface area (Å²) in [4.78, 5) is 29.2. The van der Waals surface area contributed by atoms with E-state index in [0.717, 1.165) is 11.3 Å². The van der Waals surface area contributed by atoms with Crippen LogP contribution in [0.4, 0.5) is 5.82 Å². The van der Waals surface area contributed by atoms with Gasteiger partial charge >= 0.3 is 0 Å². The van der Waals surface area contributed by atoms with Crippen LogP contribution in [0.2, 0.25) is 0 Å². The van der Waals surface area contributed by atoms with E-state index in [0.29, 0.717) is 24.7 Å². The van der Waals surface area contributed by atoms with Crippen LogP contribution in [0.15, 0.2) is 53.1 Å². The number of thiophene rings is 1. The molecule has 0 bridgehead atoms. The third kappa shape index (κ3) is 7.03. The normalized spacial score (nSPS) is 10.7. The summed E-state index contributed by atoms with van der Waals surface area (Å²) in [5.41, 5.74) is 1.20. The molecule has 2 aromatic heterocycles. The van der Waals surface area contributed by atoms with E-state index in [4.69, 9.17) is 4.52 Å². The van der Waals surface area contributed by atoms with Crippen LogP contribution in [0.3, 0.4) is 0 Å². The van der Waals surface area contributed by atoms with Gasteiger partial charge in [0.05, 0.1) is 18.1 Å². The predicted octanol–water partition coefficient (Wildman–Crippen LogP) is 4.30. The highest BCUT2D eigenvalue weighted by atomic mass is 32.2. The number of benzene rings is 1. The number of carbonyl (C=O) groups excluding carboxylic acids is 2. The van der Waals surface area contributed by atoms with Gasteiger partial charge in [0, 0.05) is 22.4 Å². The second kappa shape index (κ2) is 11.0. The molecule has 0 aliphatic carbocycles. The lowest BCUT2D eigenvalue weighted by Crippen LogP contribution is -2.34. The van der Waals surface area contributed by atoms with Gasteiger partial charge in [0.25, 0.3) is 0 Å². The van der Waals surface area contributed by atoms with Crippen LogP contribution in [-0.2, 0) is 22.6 Å². The van der Waals surface area contributed by atoms with Crippen LogP contribution >= 0.6 is 23.1 Å². The van der Waals surface area contributed by atoms with E-state index >= 15 is 0 Å². The third-order valence-electron chi connectivity index (χ3n) is 4.36. The fraction of sp³-hybridized carbons (Fsp3) is 0.318. The molecule has 3 rings (SSSR count). The van der Waals surface area contributed by atoms with Crippen LogP contribution in [0.1, 0.15) is 21.1 Å². The molecule has 1 N–H and O–H groups in total. The third-order valence-corrected chi connectivity index (χ3v) is 6.27. The quantitative estimate of drug-likeness (QED) is 0.506. The average Bonchev–Trinajstić information content (AvgIpc) is 3.33. The molecule has 0 saturated heterocycles. The topological polar surface area (TPSA) is 75.4 Å². The minimum absolute atomic E-state index is 0.0343. The first-order valence-corrected chi connectivity index (χ1v) is 11.6. The smallest absolute Gasteiger partial charge is 0.235 e. The molecule has 0 radical (unpaired) electrons. The fourth-order valence-corrected chi connectivity index (χ4v) is 4.51. The average molecular weight is 444 g/mol. The molecule has 8 heteroatoms. The molecule has 0 fully saturated rings. The van der Waals surface area contributed by atoms with E-state index in [1.165, 1.54) is 22.2 Å². The van der Waals surface area contributed by atoms with Crippen LogP contribution in [0, 0.1) is 13.8 Å². The van der Waals surface area contributed by atoms with Crippen LogP contribution in [0.5, 0.6) is 0 Å². The van der Waals surface area contributed by atoms with E-state index in [2.05, 4.69) is 41.7 Å². The molecule has 0 aliphatic heterocycles. The Morgan fingerprint density at radius 1 is 1.13 bits per heavy atom. The second-order valence-electron chi connectivity index (χ2n) is 6.93. The van der Waals surface area contributed by atoms with Gasteiger partial charge in [0.2, 0.25) is 11.8 Å². The van der Waals surface area contributed by atoms with Crippen molar-refractivity contribution < 1.29 is 14.1 Å². The zero-order chi connectivity index (χ0) is 21.3. The number of amides is 2. The van der Waals surface area contributed by atoms with Gasteiger partial charge in [-0.05, 0) is 38.0 Å². The summed E-state index contributed by atoms with van der Waals surface area (Å²) in [6, 6.07) is 16.0. The maximum atomic E-state index is 12.9. The minimum atomic E-state index is -0.203. The predicted molar refractivity (Wildman–Crippen MR) is 122 cm³/mol. The van der Waals surface area contributed by atoms with Crippen molar-refractivity contribution in [1.29, 1.82) is 0 Å². The van der Waals surface area contributed by atoms with Crippen molar-refractivity contribution in [3.8, 4) is 0 Å². The summed E-state index contributed by atoms with van der Waals surface area (Å²) in [7, 11) is 0. The zero-order valence-electron chi connectivity index (χ0n) is 17.1. The molecule has 2 heterocycles. The van der Waals surface area contributed by atoms with Crippen molar-refractivity contribution in [3.63, 3.8) is 0 Å². The van der Waals surface area contributed by atoms with Crippen LogP contribution < -0.4 is 5.32 Å². The number of carbonyl (C=O) groups is 2. The van der Waals surface area contributed by atoms with Crippen LogP contribution in [0.25, 0.3) is 0 Å². The molecule has 6 nitrogen and oxygen atoms in total. The van der Waals surface area contributed by atoms with E-state index < -0.39 is 0 Å². The van der Waals surface area contributed by atoms with Gasteiger partial charge in [-0.25, -0.2) is 0 Å². The van der Waals surface area contributed by atoms with Gasteiger partial charge < -0.3 is 14.7 Å². The van der Waals surface area contributed by atoms with Crippen molar-refractivity contribution in [2.75, 3.05) is 23.4 Å². The lowest BCUT2D eigenvalue weighted by atomic mass is 10.1. The van der Waals surface area contributed by atoms with Crippen LogP contribution in [-0.4, -0.2) is 39.9 Å². The Labute approximate surface area is 184 Å². The minimum Gasteiger partial charge on any atom is -0.360 e. The number of hydrogen-bond acceptors (Lipinski definition) is 6. The highest BCUT2D eigenvalue weighted by molar-refractivity contribution is 8.00. The molecule has 0 atom stereocenters. The number of anilines is 1. The zero-order valence-corrected chi connectivity index (χ0v) is 18.7. The molecular weight excluding hydrogens is 418 g/mol. The lowest BCUT2D eigenvalue weighted by molar-refractivity contribution is -0.128. The Hall–Kier alpha value is -2.58. The highest BCUT2D eigenvalue weighted by Crippen LogP contribution is 2.18. The van der Waals surface area contributed by atoms with Gasteiger partial charge in [-0.15, -0.1) is 23.1 Å². The molecule has 0 spiro atoms. The summed E-state index contributed by atoms with van der Waals surface area (Å²) in [5, 5.41) is 6.41. The van der Waals surface area contributed by atoms with E-state index in [1.54, 1.807) is 24.3 Å². The molecule has 158 valence electrons. The van der Waals surface area contributed by atoms with Gasteiger partial charge in [0.1, 0.15) is 5.76 Å². The maximum absolute atomic E-state index is 12.9. The van der Waals surface area contributed by atoms with Gasteiger partial charge in [-0.3, -0.25) is 9.59 Å². The standard InChI is InChI=1S/C22H25N3O3S2/c1-16-12-20(24-28-16)23-21(26)14-29-15-22(27)25(13-19-9-8-17(2)30-19)11-10-18-6-4-3-5-7-18/h3-9,12H,10-11,13-15H2,1-2H3,(H,23,24,26). The SMILES string of the molecule is Cc1cc(NC(=O)CSCC(=O)N(CCc2ccccc2)Cc2ccc(C)s2)no1. The van der Waals surface area contributed by atoms with Crippen molar-refractivity contribution in [2.45, 2.75) is 26.8 Å². The van der Waals surface area contributed by atoms with Crippen molar-refractivity contribution in [2.24, 2.45) is 0 Å². The number of nitrogens with one attached hydrogen (secondary N) is 1. The summed E-state index contributed by atoms with van der Waals surface area (Å²) in [5.74, 6) is 1.29.